The van der Waals surface area contributed by atoms with Gasteiger partial charge in [0.2, 0.25) is 11.9 Å². The summed E-state index contributed by atoms with van der Waals surface area (Å²) < 4.78 is 1.92. The van der Waals surface area contributed by atoms with E-state index in [9.17, 15) is 4.79 Å². The number of carbonyl (C=O) groups is 1. The molecule has 0 atom stereocenters. The van der Waals surface area contributed by atoms with Crippen LogP contribution in [-0.2, 0) is 18.4 Å². The van der Waals surface area contributed by atoms with Crippen molar-refractivity contribution in [2.75, 3.05) is 31.5 Å². The molecule has 0 aliphatic carbocycles. The first kappa shape index (κ1) is 22.3. The number of rotatable bonds is 6. The highest BCUT2D eigenvalue weighted by Crippen LogP contribution is 2.30. The van der Waals surface area contributed by atoms with E-state index in [1.54, 1.807) is 0 Å². The summed E-state index contributed by atoms with van der Waals surface area (Å²) in [5.41, 5.74) is 5.87. The number of amides is 1. The third-order valence-corrected chi connectivity index (χ3v) is 6.64. The van der Waals surface area contributed by atoms with Crippen LogP contribution in [0.25, 0.3) is 11.0 Å². The maximum Gasteiger partial charge on any atom is 0.223 e. The number of carbonyl (C=O) groups excluding carboxylic acids is 1. The van der Waals surface area contributed by atoms with E-state index in [2.05, 4.69) is 99.0 Å². The number of nitrogens with zero attached hydrogens (tertiary/aromatic N) is 4. The van der Waals surface area contributed by atoms with Crippen molar-refractivity contribution in [3.63, 3.8) is 0 Å². The topological polar surface area (TPSA) is 53.4 Å². The minimum absolute atomic E-state index is 0.110. The zero-order chi connectivity index (χ0) is 23.5. The molecule has 1 aliphatic rings. The molecule has 1 aliphatic heterocycles. The molecule has 174 valence electrons. The monoisotopic (exact) mass is 453 g/mol. The molecule has 0 unspecified atom stereocenters. The Hall–Kier alpha value is -3.48. The highest BCUT2D eigenvalue weighted by Gasteiger charge is 2.26. The molecule has 1 N–H and O–H groups in total. The number of benzene rings is 3. The van der Waals surface area contributed by atoms with Crippen LogP contribution in [0.2, 0.25) is 0 Å². The molecule has 34 heavy (non-hydrogen) atoms. The average molecular weight is 454 g/mol. The van der Waals surface area contributed by atoms with E-state index in [4.69, 9.17) is 0 Å². The van der Waals surface area contributed by atoms with E-state index in [-0.39, 0.29) is 11.9 Å². The van der Waals surface area contributed by atoms with Gasteiger partial charge in [0, 0.05) is 46.7 Å². The van der Waals surface area contributed by atoms with Crippen molar-refractivity contribution in [3.8, 4) is 0 Å². The number of imidazole rings is 1. The Balaban J connectivity index is 1.28. The third-order valence-electron chi connectivity index (χ3n) is 6.64. The molecule has 6 heteroatoms. The Morgan fingerprint density at radius 2 is 1.53 bits per heavy atom. The van der Waals surface area contributed by atoms with Gasteiger partial charge in [-0.15, -0.1) is 0 Å². The summed E-state index contributed by atoms with van der Waals surface area (Å²) in [5, 5.41) is 2.80. The SMILES string of the molecule is CC(=O)Nc1nc2cc(CN3CCN(C(c4ccccc4)c4ccccc4)CC3)ccc2n1C. The van der Waals surface area contributed by atoms with E-state index in [1.807, 2.05) is 11.6 Å². The van der Waals surface area contributed by atoms with Crippen molar-refractivity contribution in [1.82, 2.24) is 19.4 Å². The van der Waals surface area contributed by atoms with Crippen LogP contribution >= 0.6 is 0 Å². The second-order valence-electron chi connectivity index (χ2n) is 9.03. The predicted molar refractivity (Wildman–Crippen MR) is 137 cm³/mol. The van der Waals surface area contributed by atoms with Gasteiger partial charge in [0.25, 0.3) is 0 Å². The van der Waals surface area contributed by atoms with Crippen LogP contribution in [0.3, 0.4) is 0 Å². The molecule has 0 spiro atoms. The first-order valence-corrected chi connectivity index (χ1v) is 11.9. The van der Waals surface area contributed by atoms with Crippen LogP contribution in [-0.4, -0.2) is 51.4 Å². The molecule has 3 aromatic carbocycles. The summed E-state index contributed by atoms with van der Waals surface area (Å²) in [7, 11) is 1.93. The van der Waals surface area contributed by atoms with Crippen molar-refractivity contribution < 1.29 is 4.79 Å². The first-order chi connectivity index (χ1) is 16.6. The Morgan fingerprint density at radius 1 is 0.912 bits per heavy atom. The van der Waals surface area contributed by atoms with Crippen molar-refractivity contribution in [1.29, 1.82) is 0 Å². The highest BCUT2D eigenvalue weighted by molar-refractivity contribution is 5.89. The van der Waals surface area contributed by atoms with Gasteiger partial charge in [0.1, 0.15) is 0 Å². The van der Waals surface area contributed by atoms with Gasteiger partial charge in [-0.25, -0.2) is 4.98 Å². The summed E-state index contributed by atoms with van der Waals surface area (Å²) in [5.74, 6) is 0.474. The number of nitrogens with one attached hydrogen (secondary N) is 1. The van der Waals surface area contributed by atoms with E-state index in [0.29, 0.717) is 5.95 Å². The van der Waals surface area contributed by atoms with Crippen molar-refractivity contribution >= 4 is 22.9 Å². The van der Waals surface area contributed by atoms with Crippen LogP contribution in [0.5, 0.6) is 0 Å². The molecular formula is C28H31N5O. The van der Waals surface area contributed by atoms with Gasteiger partial charge in [0.05, 0.1) is 17.1 Å². The predicted octanol–water partition coefficient (Wildman–Crippen LogP) is 4.44. The molecular weight excluding hydrogens is 422 g/mol. The first-order valence-electron chi connectivity index (χ1n) is 11.9. The Morgan fingerprint density at radius 3 is 2.12 bits per heavy atom. The fourth-order valence-corrected chi connectivity index (χ4v) is 4.94. The molecule has 1 amide bonds. The second-order valence-corrected chi connectivity index (χ2v) is 9.03. The molecule has 4 aromatic rings. The van der Waals surface area contributed by atoms with Gasteiger partial charge in [-0.2, -0.15) is 0 Å². The maximum absolute atomic E-state index is 11.5. The second kappa shape index (κ2) is 9.79. The van der Waals surface area contributed by atoms with Crippen molar-refractivity contribution in [2.45, 2.75) is 19.5 Å². The third kappa shape index (κ3) is 4.74. The summed E-state index contributed by atoms with van der Waals surface area (Å²) in [6, 6.07) is 28.3. The Labute approximate surface area is 200 Å². The molecule has 0 radical (unpaired) electrons. The molecule has 2 heterocycles. The van der Waals surface area contributed by atoms with Crippen LogP contribution in [0, 0.1) is 0 Å². The maximum atomic E-state index is 11.5. The molecule has 6 nitrogen and oxygen atoms in total. The normalized spacial score (nSPS) is 15.1. The van der Waals surface area contributed by atoms with Gasteiger partial charge in [0.15, 0.2) is 0 Å². The summed E-state index contributed by atoms with van der Waals surface area (Å²) >= 11 is 0. The van der Waals surface area contributed by atoms with Gasteiger partial charge < -0.3 is 4.57 Å². The number of fused-ring (bicyclic) bond motifs is 1. The average Bonchev–Trinajstić information content (AvgIpc) is 3.15. The number of aryl methyl sites for hydroxylation is 1. The number of hydrogen-bond acceptors (Lipinski definition) is 4. The number of hydrogen-bond donors (Lipinski definition) is 1. The van der Waals surface area contributed by atoms with Crippen LogP contribution in [0.1, 0.15) is 29.7 Å². The fourth-order valence-electron chi connectivity index (χ4n) is 4.94. The van der Waals surface area contributed by atoms with Crippen LogP contribution in [0.15, 0.2) is 78.9 Å². The van der Waals surface area contributed by atoms with Gasteiger partial charge in [-0.1, -0.05) is 66.7 Å². The van der Waals surface area contributed by atoms with Gasteiger partial charge in [-0.3, -0.25) is 19.9 Å². The lowest BCUT2D eigenvalue weighted by Crippen LogP contribution is -2.47. The minimum atomic E-state index is -0.110. The van der Waals surface area contributed by atoms with E-state index in [0.717, 1.165) is 43.8 Å². The quantitative estimate of drug-likeness (QED) is 0.469. The van der Waals surface area contributed by atoms with E-state index >= 15 is 0 Å². The van der Waals surface area contributed by atoms with Crippen molar-refractivity contribution in [3.05, 3.63) is 95.6 Å². The minimum Gasteiger partial charge on any atom is -0.313 e. The summed E-state index contributed by atoms with van der Waals surface area (Å²) in [4.78, 5) is 21.2. The molecule has 1 aromatic heterocycles. The zero-order valence-corrected chi connectivity index (χ0v) is 19.8. The smallest absolute Gasteiger partial charge is 0.223 e. The van der Waals surface area contributed by atoms with Crippen molar-refractivity contribution in [2.24, 2.45) is 7.05 Å². The molecule has 5 rings (SSSR count). The lowest BCUT2D eigenvalue weighted by atomic mass is 9.96. The van der Waals surface area contributed by atoms with E-state index in [1.165, 1.54) is 23.6 Å². The highest BCUT2D eigenvalue weighted by atomic mass is 16.1. The summed E-state index contributed by atoms with van der Waals surface area (Å²) in [6.45, 7) is 6.49. The number of aromatic nitrogens is 2. The Bertz CT molecular complexity index is 1220. The van der Waals surface area contributed by atoms with Crippen LogP contribution < -0.4 is 5.32 Å². The molecule has 1 saturated heterocycles. The standard InChI is InChI=1S/C28H31N5O/c1-21(34)29-28-30-25-19-22(13-14-26(25)31(28)2)20-32-15-17-33(18-16-32)27(23-9-5-3-6-10-23)24-11-7-4-8-12-24/h3-14,19,27H,15-18,20H2,1-2H3,(H,29,30,34). The summed E-state index contributed by atoms with van der Waals surface area (Å²) in [6.07, 6.45) is 0. The molecule has 0 bridgehead atoms. The fraction of sp³-hybridized carbons (Fsp3) is 0.286. The lowest BCUT2D eigenvalue weighted by Gasteiger charge is -2.39. The largest absolute Gasteiger partial charge is 0.313 e. The number of anilines is 1. The number of piperazine rings is 1. The Kier molecular flexibility index (Phi) is 6.43. The van der Waals surface area contributed by atoms with Gasteiger partial charge >= 0.3 is 0 Å². The van der Waals surface area contributed by atoms with Crippen LogP contribution in [0.4, 0.5) is 5.95 Å². The lowest BCUT2D eigenvalue weighted by molar-refractivity contribution is -0.114. The molecule has 0 saturated carbocycles. The molecule has 1 fully saturated rings. The van der Waals surface area contributed by atoms with Gasteiger partial charge in [-0.05, 0) is 28.8 Å². The van der Waals surface area contributed by atoms with E-state index < -0.39 is 0 Å². The zero-order valence-electron chi connectivity index (χ0n) is 19.8.